The van der Waals surface area contributed by atoms with Crippen LogP contribution in [0.5, 0.6) is 0 Å². The highest BCUT2D eigenvalue weighted by molar-refractivity contribution is 5.95. The normalized spacial score (nSPS) is 17.1. The number of urea groups is 2. The molecule has 4 atom stereocenters. The first-order chi connectivity index (χ1) is 29.0. The number of hydrogen-bond donors (Lipinski definition) is 4. The average Bonchev–Trinajstić information content (AvgIpc) is 4.07. The Morgan fingerprint density at radius 3 is 1.77 bits per heavy atom. The number of likely N-dealkylation sites (tertiary alicyclic amines) is 2. The van der Waals surface area contributed by atoms with Gasteiger partial charge in [0.15, 0.2) is 0 Å². The van der Waals surface area contributed by atoms with Gasteiger partial charge in [0.05, 0.1) is 23.9 Å². The molecule has 0 saturated carbocycles. The quantitative estimate of drug-likeness (QED) is 0.124. The van der Waals surface area contributed by atoms with Gasteiger partial charge < -0.3 is 40.5 Å². The summed E-state index contributed by atoms with van der Waals surface area (Å²) in [5.41, 5.74) is 5.80. The third-order valence-corrected chi connectivity index (χ3v) is 11.1. The molecule has 7 amide bonds. The number of carbonyl (C=O) groups is 5. The maximum Gasteiger partial charge on any atom is 0.317 e. The van der Waals surface area contributed by atoms with E-state index in [1.807, 2.05) is 114 Å². The minimum Gasteiger partial charge on any atom is -0.340 e. The summed E-state index contributed by atoms with van der Waals surface area (Å²) in [7, 11) is 6.53. The molecule has 14 heteroatoms. The number of carbonyl (C=O) groups excluding carboxylic acids is 5. The lowest BCUT2D eigenvalue weighted by Crippen LogP contribution is -2.45. The Morgan fingerprint density at radius 2 is 1.20 bits per heavy atom. The Bertz CT molecular complexity index is 2300. The largest absolute Gasteiger partial charge is 0.340 e. The lowest BCUT2D eigenvalue weighted by molar-refractivity contribution is -0.134. The lowest BCUT2D eigenvalue weighted by Gasteiger charge is -2.29. The standard InChI is InChI=1S/C46H51N9O5/c1-52(2)45(59)50-39(33-12-7-5-8-13-33)43(57)54-27-25-35(29-54)42(56)48-36-23-21-31(22-24-36)30-17-19-32(20-18-30)37-28-47-41(49-37)38-16-11-26-55(38)44(58)40(51-46(60)53(3)4)34-14-9-6-10-15-34/h5-10,12-15,17-24,28,35,38-40H,11,16,25-27,29H2,1-4H3,(H,47,49)(H,48,56)(H,50,59)(H,51,60)/t35-,38+,39+,40-/m1/s1. The smallest absolute Gasteiger partial charge is 0.317 e. The number of nitrogens with one attached hydrogen (secondary N) is 4. The Morgan fingerprint density at radius 1 is 0.667 bits per heavy atom. The van der Waals surface area contributed by atoms with Gasteiger partial charge in [0.1, 0.15) is 17.9 Å². The zero-order valence-corrected chi connectivity index (χ0v) is 34.3. The van der Waals surface area contributed by atoms with Gasteiger partial charge >= 0.3 is 12.1 Å². The van der Waals surface area contributed by atoms with Crippen LogP contribution in [-0.2, 0) is 14.4 Å². The predicted octanol–water partition coefficient (Wildman–Crippen LogP) is 6.22. The van der Waals surface area contributed by atoms with Crippen molar-refractivity contribution >= 4 is 35.5 Å². The van der Waals surface area contributed by atoms with E-state index in [4.69, 9.17) is 4.98 Å². The topological polar surface area (TPSA) is 163 Å². The number of hydrogen-bond acceptors (Lipinski definition) is 6. The van der Waals surface area contributed by atoms with Crippen LogP contribution in [-0.4, -0.2) is 107 Å². The molecule has 4 N–H and O–H groups in total. The van der Waals surface area contributed by atoms with Gasteiger partial charge in [-0.15, -0.1) is 0 Å². The SMILES string of the molecule is CN(C)C(=O)N[C@H](C(=O)N1CC[C@@H](C(=O)Nc2ccc(-c3ccc(-c4cnc([C@@H]5CCCN5C(=O)[C@H](NC(=O)N(C)C)c5ccccc5)[nH]4)cc3)cc2)C1)c1ccccc1. The van der Waals surface area contributed by atoms with Crippen LogP contribution in [0.4, 0.5) is 15.3 Å². The summed E-state index contributed by atoms with van der Waals surface area (Å²) in [5.74, 6) is -0.269. The number of aromatic amines is 1. The third kappa shape index (κ3) is 9.33. The zero-order chi connectivity index (χ0) is 42.3. The van der Waals surface area contributed by atoms with E-state index in [0.29, 0.717) is 36.6 Å². The van der Waals surface area contributed by atoms with Crippen molar-refractivity contribution < 1.29 is 24.0 Å². The van der Waals surface area contributed by atoms with Gasteiger partial charge in [-0.2, -0.15) is 0 Å². The summed E-state index contributed by atoms with van der Waals surface area (Å²) >= 11 is 0. The second-order valence-corrected chi connectivity index (χ2v) is 15.7. The van der Waals surface area contributed by atoms with Crippen LogP contribution < -0.4 is 16.0 Å². The maximum absolute atomic E-state index is 14.0. The summed E-state index contributed by atoms with van der Waals surface area (Å²) in [6, 6.07) is 31.5. The first-order valence-corrected chi connectivity index (χ1v) is 20.2. The molecular weight excluding hydrogens is 759 g/mol. The van der Waals surface area contributed by atoms with Gasteiger partial charge in [-0.05, 0) is 59.2 Å². The van der Waals surface area contributed by atoms with Crippen molar-refractivity contribution in [3.05, 3.63) is 132 Å². The highest BCUT2D eigenvalue weighted by Gasteiger charge is 2.38. The van der Waals surface area contributed by atoms with Crippen LogP contribution in [0.1, 0.15) is 54.3 Å². The van der Waals surface area contributed by atoms with Crippen LogP contribution in [0.15, 0.2) is 115 Å². The molecule has 2 fully saturated rings. The molecule has 60 heavy (non-hydrogen) atoms. The second kappa shape index (κ2) is 18.3. The van der Waals surface area contributed by atoms with Crippen molar-refractivity contribution in [3.8, 4) is 22.4 Å². The van der Waals surface area contributed by atoms with Gasteiger partial charge in [-0.3, -0.25) is 14.4 Å². The molecule has 2 saturated heterocycles. The molecule has 2 aliphatic rings. The number of nitrogens with zero attached hydrogens (tertiary/aromatic N) is 5. The molecular formula is C46H51N9O5. The van der Waals surface area contributed by atoms with E-state index in [2.05, 4.69) is 20.9 Å². The summed E-state index contributed by atoms with van der Waals surface area (Å²) in [5, 5.41) is 8.73. The highest BCUT2D eigenvalue weighted by atomic mass is 16.2. The summed E-state index contributed by atoms with van der Waals surface area (Å²) in [4.78, 5) is 80.6. The molecule has 0 aliphatic carbocycles. The number of benzene rings is 4. The van der Waals surface area contributed by atoms with Crippen LogP contribution in [0.3, 0.4) is 0 Å². The number of imidazole rings is 1. The highest BCUT2D eigenvalue weighted by Crippen LogP contribution is 2.35. The van der Waals surface area contributed by atoms with Gasteiger partial charge in [0, 0.05) is 53.5 Å². The van der Waals surface area contributed by atoms with Crippen molar-refractivity contribution in [3.63, 3.8) is 0 Å². The maximum atomic E-state index is 14.0. The molecule has 5 aromatic rings. The van der Waals surface area contributed by atoms with E-state index in [0.717, 1.165) is 40.8 Å². The van der Waals surface area contributed by atoms with Gasteiger partial charge in [-0.25, -0.2) is 14.6 Å². The minimum absolute atomic E-state index is 0.160. The van der Waals surface area contributed by atoms with Crippen molar-refractivity contribution in [1.29, 1.82) is 0 Å². The van der Waals surface area contributed by atoms with E-state index < -0.39 is 12.1 Å². The summed E-state index contributed by atoms with van der Waals surface area (Å²) < 4.78 is 0. The van der Waals surface area contributed by atoms with Crippen LogP contribution in [0, 0.1) is 5.92 Å². The van der Waals surface area contributed by atoms with Gasteiger partial charge in [0.2, 0.25) is 17.7 Å². The number of amides is 7. The fourth-order valence-electron chi connectivity index (χ4n) is 7.69. The van der Waals surface area contributed by atoms with E-state index in [-0.39, 0.29) is 48.3 Å². The van der Waals surface area contributed by atoms with E-state index in [1.165, 1.54) is 9.80 Å². The molecule has 0 spiro atoms. The summed E-state index contributed by atoms with van der Waals surface area (Å²) in [6.07, 6.45) is 3.88. The molecule has 7 rings (SSSR count). The molecule has 0 bridgehead atoms. The fraction of sp³-hybridized carbons (Fsp3) is 0.304. The fourth-order valence-corrected chi connectivity index (χ4v) is 7.69. The first-order valence-electron chi connectivity index (χ1n) is 20.2. The molecule has 1 aromatic heterocycles. The van der Waals surface area contributed by atoms with E-state index in [1.54, 1.807) is 39.3 Å². The Hall–Kier alpha value is -6.96. The third-order valence-electron chi connectivity index (χ3n) is 11.1. The monoisotopic (exact) mass is 809 g/mol. The van der Waals surface area contributed by atoms with Crippen LogP contribution in [0.2, 0.25) is 0 Å². The van der Waals surface area contributed by atoms with Gasteiger partial charge in [0.25, 0.3) is 0 Å². The molecule has 3 heterocycles. The molecule has 310 valence electrons. The van der Waals surface area contributed by atoms with Crippen molar-refractivity contribution in [2.24, 2.45) is 5.92 Å². The van der Waals surface area contributed by atoms with Crippen molar-refractivity contribution in [2.75, 3.05) is 53.1 Å². The second-order valence-electron chi connectivity index (χ2n) is 15.7. The Labute approximate surface area is 350 Å². The Kier molecular flexibility index (Phi) is 12.6. The van der Waals surface area contributed by atoms with Crippen molar-refractivity contribution in [2.45, 2.75) is 37.4 Å². The minimum atomic E-state index is -0.856. The summed E-state index contributed by atoms with van der Waals surface area (Å²) in [6.45, 7) is 1.24. The van der Waals surface area contributed by atoms with Crippen LogP contribution in [0.25, 0.3) is 22.4 Å². The molecule has 2 aliphatic heterocycles. The number of anilines is 1. The van der Waals surface area contributed by atoms with E-state index >= 15 is 0 Å². The molecule has 4 aromatic carbocycles. The Balaban J connectivity index is 0.956. The molecule has 0 unspecified atom stereocenters. The molecule has 14 nitrogen and oxygen atoms in total. The molecule has 0 radical (unpaired) electrons. The van der Waals surface area contributed by atoms with Crippen LogP contribution >= 0.6 is 0 Å². The van der Waals surface area contributed by atoms with E-state index in [9.17, 15) is 24.0 Å². The number of H-pyrrole nitrogens is 1. The zero-order valence-electron chi connectivity index (χ0n) is 34.3. The predicted molar refractivity (Wildman–Crippen MR) is 229 cm³/mol. The average molecular weight is 810 g/mol. The van der Waals surface area contributed by atoms with Gasteiger partial charge in [-0.1, -0.05) is 97.1 Å². The number of aromatic nitrogens is 2. The number of rotatable bonds is 11. The first kappa shape index (κ1) is 41.2. The van der Waals surface area contributed by atoms with Crippen molar-refractivity contribution in [1.82, 2.24) is 40.2 Å². The lowest BCUT2D eigenvalue weighted by atomic mass is 10.0.